The van der Waals surface area contributed by atoms with Crippen LogP contribution >= 0.6 is 11.3 Å². The second-order valence-corrected chi connectivity index (χ2v) is 9.54. The molecule has 0 radical (unpaired) electrons. The highest BCUT2D eigenvalue weighted by Gasteiger charge is 2.28. The highest BCUT2D eigenvalue weighted by atomic mass is 32.1. The summed E-state index contributed by atoms with van der Waals surface area (Å²) in [6, 6.07) is 10.1. The molecule has 0 aliphatic heterocycles. The third-order valence-electron chi connectivity index (χ3n) is 6.49. The minimum absolute atomic E-state index is 0.0274. The maximum absolute atomic E-state index is 13.5. The number of para-hydroxylation sites is 1. The van der Waals surface area contributed by atoms with E-state index in [1.807, 2.05) is 35.2 Å². The number of aromatic nitrogens is 2. The van der Waals surface area contributed by atoms with E-state index in [1.54, 1.807) is 17.7 Å². The fraction of sp³-hybridized carbons (Fsp3) is 0.458. The molecular weight excluding hydrogens is 394 g/mol. The second kappa shape index (κ2) is 8.34. The van der Waals surface area contributed by atoms with Crippen LogP contribution < -0.4 is 10.5 Å². The summed E-state index contributed by atoms with van der Waals surface area (Å²) in [6.45, 7) is 0.0395. The molecule has 1 amide bonds. The normalized spacial score (nSPS) is 17.1. The average molecular weight is 422 g/mol. The number of aryl methyl sites for hydroxylation is 2. The molecule has 1 saturated carbocycles. The zero-order valence-corrected chi connectivity index (χ0v) is 18.0. The second-order valence-electron chi connectivity index (χ2n) is 8.46. The summed E-state index contributed by atoms with van der Waals surface area (Å²) in [5, 5.41) is 0.744. The summed E-state index contributed by atoms with van der Waals surface area (Å²) in [6.07, 6.45) is 11.4. The molecule has 0 N–H and O–H groups in total. The van der Waals surface area contributed by atoms with E-state index in [0.29, 0.717) is 0 Å². The van der Waals surface area contributed by atoms with Crippen LogP contribution in [-0.2, 0) is 24.2 Å². The number of nitrogens with zero attached hydrogens (tertiary/aromatic N) is 3. The van der Waals surface area contributed by atoms with E-state index in [4.69, 9.17) is 0 Å². The Balaban J connectivity index is 1.48. The molecule has 0 unspecified atom stereocenters. The number of hydrogen-bond donors (Lipinski definition) is 0. The number of benzene rings is 1. The number of anilines is 1. The Morgan fingerprint density at radius 3 is 2.63 bits per heavy atom. The molecule has 0 spiro atoms. The van der Waals surface area contributed by atoms with Gasteiger partial charge in [-0.05, 0) is 56.2 Å². The van der Waals surface area contributed by atoms with Crippen molar-refractivity contribution in [2.75, 3.05) is 4.90 Å². The lowest BCUT2D eigenvalue weighted by Crippen LogP contribution is -2.44. The van der Waals surface area contributed by atoms with Crippen molar-refractivity contribution in [3.63, 3.8) is 0 Å². The highest BCUT2D eigenvalue weighted by molar-refractivity contribution is 7.18. The van der Waals surface area contributed by atoms with Crippen LogP contribution in [0.1, 0.15) is 55.4 Å². The van der Waals surface area contributed by atoms with Crippen molar-refractivity contribution in [3.8, 4) is 0 Å². The lowest BCUT2D eigenvalue weighted by molar-refractivity contribution is -0.119. The van der Waals surface area contributed by atoms with Gasteiger partial charge in [0.1, 0.15) is 11.4 Å². The molecule has 6 heteroatoms. The van der Waals surface area contributed by atoms with Crippen LogP contribution in [-0.4, -0.2) is 21.5 Å². The van der Waals surface area contributed by atoms with E-state index in [-0.39, 0.29) is 24.1 Å². The molecule has 2 heterocycles. The van der Waals surface area contributed by atoms with Gasteiger partial charge >= 0.3 is 0 Å². The third-order valence-corrected chi connectivity index (χ3v) is 7.69. The summed E-state index contributed by atoms with van der Waals surface area (Å²) >= 11 is 1.65. The first-order valence-corrected chi connectivity index (χ1v) is 11.9. The van der Waals surface area contributed by atoms with Crippen LogP contribution in [0.25, 0.3) is 10.2 Å². The Morgan fingerprint density at radius 2 is 1.83 bits per heavy atom. The quantitative estimate of drug-likeness (QED) is 0.613. The summed E-state index contributed by atoms with van der Waals surface area (Å²) in [5.74, 6) is -0.0274. The van der Waals surface area contributed by atoms with Crippen molar-refractivity contribution in [2.45, 2.75) is 70.4 Å². The summed E-state index contributed by atoms with van der Waals surface area (Å²) in [5.41, 5.74) is 2.03. The fourth-order valence-electron chi connectivity index (χ4n) is 5.00. The standard InChI is InChI=1S/C24H27N3O2S/c28-21(27(17-9-3-1-4-10-17)18-11-5-2-6-12-18)15-26-16-25-23-22(24(26)29)19-13-7-8-14-20(19)30-23/h1,3-4,9-10,16,18H,2,5-8,11-15H2. The topological polar surface area (TPSA) is 55.2 Å². The minimum atomic E-state index is -0.0654. The van der Waals surface area contributed by atoms with E-state index >= 15 is 0 Å². The van der Waals surface area contributed by atoms with E-state index in [0.717, 1.165) is 60.8 Å². The van der Waals surface area contributed by atoms with Gasteiger partial charge in [0.15, 0.2) is 0 Å². The Bertz CT molecular complexity index is 1110. The Morgan fingerprint density at radius 1 is 1.07 bits per heavy atom. The molecule has 1 aromatic carbocycles. The van der Waals surface area contributed by atoms with Crippen molar-refractivity contribution in [3.05, 3.63) is 57.5 Å². The summed E-state index contributed by atoms with van der Waals surface area (Å²) in [4.78, 5) is 35.4. The Labute approximate surface area is 180 Å². The maximum atomic E-state index is 13.5. The van der Waals surface area contributed by atoms with Crippen molar-refractivity contribution >= 4 is 33.1 Å². The number of carbonyl (C=O) groups is 1. The number of thiophene rings is 1. The smallest absolute Gasteiger partial charge is 0.262 e. The van der Waals surface area contributed by atoms with Gasteiger partial charge in [0.2, 0.25) is 5.91 Å². The molecule has 1 fully saturated rings. The SMILES string of the molecule is O=C(Cn1cnc2sc3c(c2c1=O)CCCC3)N(c1ccccc1)C1CCCCC1. The number of amides is 1. The van der Waals surface area contributed by atoms with Crippen LogP contribution in [0.2, 0.25) is 0 Å². The zero-order chi connectivity index (χ0) is 20.5. The van der Waals surface area contributed by atoms with Crippen molar-refractivity contribution < 1.29 is 4.79 Å². The van der Waals surface area contributed by atoms with E-state index in [9.17, 15) is 9.59 Å². The molecule has 0 bridgehead atoms. The lowest BCUT2D eigenvalue weighted by atomic mass is 9.93. The third kappa shape index (κ3) is 3.58. The van der Waals surface area contributed by atoms with E-state index < -0.39 is 0 Å². The van der Waals surface area contributed by atoms with Crippen molar-refractivity contribution in [1.29, 1.82) is 0 Å². The van der Waals surface area contributed by atoms with Crippen LogP contribution in [0.15, 0.2) is 41.5 Å². The first-order chi connectivity index (χ1) is 14.7. The van der Waals surface area contributed by atoms with Crippen molar-refractivity contribution in [2.24, 2.45) is 0 Å². The summed E-state index contributed by atoms with van der Waals surface area (Å²) < 4.78 is 1.52. The molecule has 3 aromatic rings. The van der Waals surface area contributed by atoms with E-state index in [1.165, 1.54) is 27.8 Å². The number of fused-ring (bicyclic) bond motifs is 3. The molecule has 156 valence electrons. The van der Waals surface area contributed by atoms with Crippen LogP contribution in [0.3, 0.4) is 0 Å². The molecular formula is C24H27N3O2S. The predicted octanol–water partition coefficient (Wildman–Crippen LogP) is 4.70. The van der Waals surface area contributed by atoms with Crippen LogP contribution in [0.4, 0.5) is 5.69 Å². The van der Waals surface area contributed by atoms with Gasteiger partial charge in [-0.3, -0.25) is 14.2 Å². The van der Waals surface area contributed by atoms with Gasteiger partial charge in [0, 0.05) is 16.6 Å². The minimum Gasteiger partial charge on any atom is -0.308 e. The molecule has 2 aliphatic carbocycles. The lowest BCUT2D eigenvalue weighted by Gasteiger charge is -2.34. The van der Waals surface area contributed by atoms with Gasteiger partial charge < -0.3 is 4.90 Å². The number of carbonyl (C=O) groups excluding carboxylic acids is 1. The van der Waals surface area contributed by atoms with Gasteiger partial charge in [0.25, 0.3) is 5.56 Å². The number of hydrogen-bond acceptors (Lipinski definition) is 4. The Hall–Kier alpha value is -2.47. The van der Waals surface area contributed by atoms with Gasteiger partial charge in [0.05, 0.1) is 11.7 Å². The van der Waals surface area contributed by atoms with Crippen LogP contribution in [0, 0.1) is 0 Å². The molecule has 30 heavy (non-hydrogen) atoms. The average Bonchev–Trinajstić information content (AvgIpc) is 3.17. The van der Waals surface area contributed by atoms with Gasteiger partial charge in [-0.2, -0.15) is 0 Å². The molecule has 2 aromatic heterocycles. The van der Waals surface area contributed by atoms with Crippen LogP contribution in [0.5, 0.6) is 0 Å². The molecule has 5 rings (SSSR count). The molecule has 5 nitrogen and oxygen atoms in total. The monoisotopic (exact) mass is 421 g/mol. The molecule has 0 atom stereocenters. The maximum Gasteiger partial charge on any atom is 0.262 e. The first-order valence-electron chi connectivity index (χ1n) is 11.1. The molecule has 2 aliphatic rings. The van der Waals surface area contributed by atoms with Gasteiger partial charge in [-0.25, -0.2) is 4.98 Å². The number of rotatable bonds is 4. The van der Waals surface area contributed by atoms with Crippen molar-refractivity contribution in [1.82, 2.24) is 9.55 Å². The predicted molar refractivity (Wildman–Crippen MR) is 121 cm³/mol. The van der Waals surface area contributed by atoms with Gasteiger partial charge in [-0.15, -0.1) is 11.3 Å². The first kappa shape index (κ1) is 19.5. The fourth-order valence-corrected chi connectivity index (χ4v) is 6.22. The molecule has 0 saturated heterocycles. The highest BCUT2D eigenvalue weighted by Crippen LogP contribution is 2.33. The van der Waals surface area contributed by atoms with Gasteiger partial charge in [-0.1, -0.05) is 37.5 Å². The zero-order valence-electron chi connectivity index (χ0n) is 17.2. The Kier molecular flexibility index (Phi) is 5.42. The largest absolute Gasteiger partial charge is 0.308 e. The summed E-state index contributed by atoms with van der Waals surface area (Å²) in [7, 11) is 0. The van der Waals surface area contributed by atoms with E-state index in [2.05, 4.69) is 4.98 Å².